The van der Waals surface area contributed by atoms with Crippen LogP contribution in [0.25, 0.3) is 0 Å². The molecule has 0 atom stereocenters. The lowest BCUT2D eigenvalue weighted by Crippen LogP contribution is -2.28. The Labute approximate surface area is 143 Å². The minimum absolute atomic E-state index is 0.0170. The molecule has 1 amide bonds. The molecule has 1 aromatic carbocycles. The third-order valence-electron chi connectivity index (χ3n) is 3.00. The molecule has 9 heteroatoms. The van der Waals surface area contributed by atoms with E-state index in [1.807, 2.05) is 30.3 Å². The van der Waals surface area contributed by atoms with Crippen LogP contribution in [-0.2, 0) is 27.4 Å². The van der Waals surface area contributed by atoms with Gasteiger partial charge in [0.15, 0.2) is 5.16 Å². The van der Waals surface area contributed by atoms with Crippen molar-refractivity contribution in [3.63, 3.8) is 0 Å². The van der Waals surface area contributed by atoms with Crippen LogP contribution in [0.5, 0.6) is 0 Å². The van der Waals surface area contributed by atoms with Crippen molar-refractivity contribution in [1.82, 2.24) is 20.1 Å². The quantitative estimate of drug-likeness (QED) is 0.536. The van der Waals surface area contributed by atoms with Crippen LogP contribution in [0.2, 0.25) is 0 Å². The number of hydrogen-bond donors (Lipinski definition) is 2. The second-order valence-electron chi connectivity index (χ2n) is 4.78. The maximum Gasteiger partial charge on any atom is 0.316 e. The van der Waals surface area contributed by atoms with Gasteiger partial charge in [0.05, 0.1) is 12.4 Å². The van der Waals surface area contributed by atoms with Crippen LogP contribution in [-0.4, -0.2) is 39.0 Å². The molecule has 0 fully saturated rings. The lowest BCUT2D eigenvalue weighted by atomic mass is 10.2. The van der Waals surface area contributed by atoms with E-state index in [1.165, 1.54) is 4.57 Å². The predicted octanol–water partition coefficient (Wildman–Crippen LogP) is 0.832. The summed E-state index contributed by atoms with van der Waals surface area (Å²) in [7, 11) is 0. The number of esters is 1. The van der Waals surface area contributed by atoms with E-state index < -0.39 is 0 Å². The number of nitrogens with one attached hydrogen (secondary N) is 1. The van der Waals surface area contributed by atoms with E-state index in [0.717, 1.165) is 17.3 Å². The molecule has 2 rings (SSSR count). The van der Waals surface area contributed by atoms with Crippen molar-refractivity contribution in [3.8, 4) is 0 Å². The lowest BCUT2D eigenvalue weighted by molar-refractivity contribution is -0.139. The number of aromatic nitrogens is 3. The monoisotopic (exact) mass is 349 g/mol. The number of nitrogen functional groups attached to an aromatic ring is 1. The van der Waals surface area contributed by atoms with Crippen molar-refractivity contribution >= 4 is 29.6 Å². The van der Waals surface area contributed by atoms with Crippen LogP contribution in [0, 0.1) is 0 Å². The maximum atomic E-state index is 12.1. The summed E-state index contributed by atoms with van der Waals surface area (Å²) in [4.78, 5) is 23.5. The smallest absolute Gasteiger partial charge is 0.316 e. The van der Waals surface area contributed by atoms with Crippen LogP contribution in [0.1, 0.15) is 12.5 Å². The first kappa shape index (κ1) is 17.8. The molecule has 128 valence electrons. The first-order valence-electron chi connectivity index (χ1n) is 7.38. The van der Waals surface area contributed by atoms with Crippen LogP contribution in [0.3, 0.4) is 0 Å². The first-order valence-corrected chi connectivity index (χ1v) is 8.36. The fourth-order valence-electron chi connectivity index (χ4n) is 1.88. The van der Waals surface area contributed by atoms with Crippen LogP contribution in [0.4, 0.5) is 5.95 Å². The summed E-state index contributed by atoms with van der Waals surface area (Å²) < 4.78 is 6.31. The number of hydrogen-bond acceptors (Lipinski definition) is 7. The zero-order valence-corrected chi connectivity index (χ0v) is 14.1. The second-order valence-corrected chi connectivity index (χ2v) is 5.73. The van der Waals surface area contributed by atoms with E-state index in [4.69, 9.17) is 10.5 Å². The number of amides is 1. The number of ether oxygens (including phenoxy) is 1. The van der Waals surface area contributed by atoms with Crippen molar-refractivity contribution in [2.24, 2.45) is 0 Å². The SMILES string of the molecule is CCOC(=O)CSc1nnc(N)n1CC(=O)NCc1ccccc1. The van der Waals surface area contributed by atoms with Crippen molar-refractivity contribution in [3.05, 3.63) is 35.9 Å². The van der Waals surface area contributed by atoms with Gasteiger partial charge in [-0.2, -0.15) is 0 Å². The standard InChI is InChI=1S/C15H19N5O3S/c1-2-23-13(22)10-24-15-19-18-14(16)20(15)9-12(21)17-8-11-6-4-3-5-7-11/h3-7H,2,8-10H2,1H3,(H2,16,18)(H,17,21). The molecular formula is C15H19N5O3S. The van der Waals surface area contributed by atoms with Gasteiger partial charge in [0, 0.05) is 6.54 Å². The summed E-state index contributed by atoms with van der Waals surface area (Å²) >= 11 is 1.13. The summed E-state index contributed by atoms with van der Waals surface area (Å²) in [6.45, 7) is 2.46. The Hall–Kier alpha value is -2.55. The largest absolute Gasteiger partial charge is 0.465 e. The topological polar surface area (TPSA) is 112 Å². The zero-order valence-electron chi connectivity index (χ0n) is 13.3. The van der Waals surface area contributed by atoms with Gasteiger partial charge < -0.3 is 15.8 Å². The van der Waals surface area contributed by atoms with Gasteiger partial charge in [-0.25, -0.2) is 0 Å². The Morgan fingerprint density at radius 1 is 1.29 bits per heavy atom. The van der Waals surface area contributed by atoms with Gasteiger partial charge >= 0.3 is 5.97 Å². The molecule has 0 aliphatic carbocycles. The highest BCUT2D eigenvalue weighted by atomic mass is 32.2. The Bertz CT molecular complexity index is 690. The normalized spacial score (nSPS) is 10.4. The molecule has 8 nitrogen and oxygen atoms in total. The highest BCUT2D eigenvalue weighted by molar-refractivity contribution is 7.99. The summed E-state index contributed by atoms with van der Waals surface area (Å²) in [5.41, 5.74) is 6.74. The summed E-state index contributed by atoms with van der Waals surface area (Å²) in [5, 5.41) is 10.8. The van der Waals surface area contributed by atoms with E-state index in [2.05, 4.69) is 15.5 Å². The minimum Gasteiger partial charge on any atom is -0.465 e. The number of nitrogens with zero attached hydrogens (tertiary/aromatic N) is 3. The molecule has 1 heterocycles. The van der Waals surface area contributed by atoms with E-state index in [1.54, 1.807) is 6.92 Å². The van der Waals surface area contributed by atoms with E-state index in [0.29, 0.717) is 18.3 Å². The third kappa shape index (κ3) is 5.27. The first-order chi connectivity index (χ1) is 11.6. The number of nitrogens with two attached hydrogens (primary N) is 1. The molecule has 0 saturated carbocycles. The van der Waals surface area contributed by atoms with E-state index >= 15 is 0 Å². The Balaban J connectivity index is 1.90. The molecule has 0 unspecified atom stereocenters. The molecule has 1 aromatic heterocycles. The molecule has 3 N–H and O–H groups in total. The van der Waals surface area contributed by atoms with E-state index in [-0.39, 0.29) is 30.1 Å². The minimum atomic E-state index is -0.357. The van der Waals surface area contributed by atoms with Gasteiger partial charge in [0.1, 0.15) is 6.54 Å². The molecule has 0 aliphatic rings. The molecule has 0 radical (unpaired) electrons. The third-order valence-corrected chi connectivity index (χ3v) is 3.94. The maximum absolute atomic E-state index is 12.1. The van der Waals surface area contributed by atoms with Crippen LogP contribution < -0.4 is 11.1 Å². The predicted molar refractivity (Wildman–Crippen MR) is 90.1 cm³/mol. The zero-order chi connectivity index (χ0) is 17.4. The molecule has 0 aliphatic heterocycles. The van der Waals surface area contributed by atoms with Crippen molar-refractivity contribution in [1.29, 1.82) is 0 Å². The molecule has 0 spiro atoms. The number of carbonyl (C=O) groups excluding carboxylic acids is 2. The van der Waals surface area contributed by atoms with Gasteiger partial charge in [0.25, 0.3) is 0 Å². The molecule has 0 bridgehead atoms. The average Bonchev–Trinajstić information content (AvgIpc) is 2.92. The molecular weight excluding hydrogens is 330 g/mol. The van der Waals surface area contributed by atoms with Crippen LogP contribution >= 0.6 is 11.8 Å². The number of anilines is 1. The highest BCUT2D eigenvalue weighted by Crippen LogP contribution is 2.18. The fourth-order valence-corrected chi connectivity index (χ4v) is 2.62. The molecule has 2 aromatic rings. The van der Waals surface area contributed by atoms with Gasteiger partial charge in [-0.15, -0.1) is 10.2 Å². The summed E-state index contributed by atoms with van der Waals surface area (Å²) in [6, 6.07) is 9.57. The molecule has 24 heavy (non-hydrogen) atoms. The Morgan fingerprint density at radius 3 is 2.75 bits per heavy atom. The number of thioether (sulfide) groups is 1. The summed E-state index contributed by atoms with van der Waals surface area (Å²) in [6.07, 6.45) is 0. The van der Waals surface area contributed by atoms with E-state index in [9.17, 15) is 9.59 Å². The number of carbonyl (C=O) groups is 2. The number of rotatable bonds is 8. The van der Waals surface area contributed by atoms with Gasteiger partial charge in [-0.3, -0.25) is 14.2 Å². The van der Waals surface area contributed by atoms with Crippen LogP contribution in [0.15, 0.2) is 35.5 Å². The van der Waals surface area contributed by atoms with Gasteiger partial charge in [-0.05, 0) is 12.5 Å². The van der Waals surface area contributed by atoms with Crippen molar-refractivity contribution in [2.45, 2.75) is 25.2 Å². The van der Waals surface area contributed by atoms with Crippen molar-refractivity contribution in [2.75, 3.05) is 18.1 Å². The molecule has 0 saturated heterocycles. The fraction of sp³-hybridized carbons (Fsp3) is 0.333. The average molecular weight is 349 g/mol. The Morgan fingerprint density at radius 2 is 2.04 bits per heavy atom. The van der Waals surface area contributed by atoms with Crippen molar-refractivity contribution < 1.29 is 14.3 Å². The van der Waals surface area contributed by atoms with Gasteiger partial charge in [0.2, 0.25) is 11.9 Å². The summed E-state index contributed by atoms with van der Waals surface area (Å²) in [5.74, 6) is -0.374. The second kappa shape index (κ2) is 8.92. The van der Waals surface area contributed by atoms with Gasteiger partial charge in [-0.1, -0.05) is 42.1 Å². The highest BCUT2D eigenvalue weighted by Gasteiger charge is 2.15. The lowest BCUT2D eigenvalue weighted by Gasteiger charge is -2.09. The Kier molecular flexibility index (Phi) is 6.62. The number of benzene rings is 1.